The Labute approximate surface area is 157 Å². The molecular formula is C20H22N2O5. The number of hydrogen-bond donors (Lipinski definition) is 0. The lowest BCUT2D eigenvalue weighted by atomic mass is 10.1. The van der Waals surface area contributed by atoms with E-state index in [1.165, 1.54) is 6.07 Å². The molecule has 1 saturated heterocycles. The molecule has 1 amide bonds. The van der Waals surface area contributed by atoms with E-state index in [1.54, 1.807) is 24.0 Å². The number of nitro groups is 1. The molecular weight excluding hydrogens is 348 g/mol. The Morgan fingerprint density at radius 1 is 1.19 bits per heavy atom. The molecule has 7 nitrogen and oxygen atoms in total. The Bertz CT molecular complexity index is 801. The average molecular weight is 370 g/mol. The fourth-order valence-corrected chi connectivity index (χ4v) is 3.07. The van der Waals surface area contributed by atoms with Crippen molar-refractivity contribution in [2.45, 2.75) is 32.5 Å². The van der Waals surface area contributed by atoms with Crippen molar-refractivity contribution in [1.82, 2.24) is 4.90 Å². The Hall–Kier alpha value is -3.09. The van der Waals surface area contributed by atoms with Crippen molar-refractivity contribution in [2.24, 2.45) is 0 Å². The number of hydrogen-bond acceptors (Lipinski definition) is 5. The van der Waals surface area contributed by atoms with Gasteiger partial charge >= 0.3 is 6.09 Å². The fraction of sp³-hybridized carbons (Fsp3) is 0.350. The second kappa shape index (κ2) is 8.53. The molecule has 0 unspecified atom stereocenters. The monoisotopic (exact) mass is 370 g/mol. The summed E-state index contributed by atoms with van der Waals surface area (Å²) in [5, 5.41) is 10.9. The lowest BCUT2D eigenvalue weighted by Crippen LogP contribution is -2.42. The summed E-state index contributed by atoms with van der Waals surface area (Å²) in [6.07, 6.45) is 1.04. The van der Waals surface area contributed by atoms with E-state index in [0.717, 1.165) is 5.56 Å². The second-order valence-corrected chi connectivity index (χ2v) is 6.55. The summed E-state index contributed by atoms with van der Waals surface area (Å²) >= 11 is 0. The number of likely N-dealkylation sites (tertiary alicyclic amines) is 1. The molecule has 7 heteroatoms. The first-order chi connectivity index (χ1) is 13.0. The van der Waals surface area contributed by atoms with Gasteiger partial charge in [0, 0.05) is 37.6 Å². The summed E-state index contributed by atoms with van der Waals surface area (Å²) in [6, 6.07) is 14.3. The Kier molecular flexibility index (Phi) is 5.90. The maximum atomic E-state index is 12.2. The standard InChI is InChI=1S/C20H22N2O5/c1-15-13-18(7-8-19(15)22(24)25)27-17-9-11-21(12-10-17)20(23)26-14-16-5-3-2-4-6-16/h2-8,13,17H,9-12,14H2,1H3. The maximum absolute atomic E-state index is 12.2. The van der Waals surface area contributed by atoms with Crippen molar-refractivity contribution in [3.8, 4) is 5.75 Å². The van der Waals surface area contributed by atoms with E-state index in [9.17, 15) is 14.9 Å². The highest BCUT2D eigenvalue weighted by atomic mass is 16.6. The molecule has 2 aromatic carbocycles. The fourth-order valence-electron chi connectivity index (χ4n) is 3.07. The molecule has 2 aromatic rings. The van der Waals surface area contributed by atoms with Crippen LogP contribution in [0.3, 0.4) is 0 Å². The van der Waals surface area contributed by atoms with Crippen molar-refractivity contribution in [3.05, 3.63) is 69.8 Å². The average Bonchev–Trinajstić information content (AvgIpc) is 2.67. The molecule has 0 aromatic heterocycles. The Balaban J connectivity index is 1.46. The Morgan fingerprint density at radius 2 is 1.89 bits per heavy atom. The van der Waals surface area contributed by atoms with Crippen LogP contribution >= 0.6 is 0 Å². The topological polar surface area (TPSA) is 81.9 Å². The SMILES string of the molecule is Cc1cc(OC2CCN(C(=O)OCc3ccccc3)CC2)ccc1[N+](=O)[O-]. The van der Waals surface area contributed by atoms with Gasteiger partial charge in [0.15, 0.2) is 0 Å². The molecule has 1 fully saturated rings. The number of rotatable bonds is 5. The smallest absolute Gasteiger partial charge is 0.410 e. The van der Waals surface area contributed by atoms with Crippen LogP contribution in [0.2, 0.25) is 0 Å². The molecule has 0 bridgehead atoms. The number of ether oxygens (including phenoxy) is 2. The van der Waals surface area contributed by atoms with Crippen LogP contribution in [0.25, 0.3) is 0 Å². The largest absolute Gasteiger partial charge is 0.490 e. The third-order valence-electron chi connectivity index (χ3n) is 4.57. The number of amides is 1. The quantitative estimate of drug-likeness (QED) is 0.585. The number of carbonyl (C=O) groups excluding carboxylic acids is 1. The van der Waals surface area contributed by atoms with E-state index < -0.39 is 4.92 Å². The lowest BCUT2D eigenvalue weighted by Gasteiger charge is -2.31. The highest BCUT2D eigenvalue weighted by Crippen LogP contribution is 2.25. The lowest BCUT2D eigenvalue weighted by molar-refractivity contribution is -0.385. The molecule has 0 aliphatic carbocycles. The van der Waals surface area contributed by atoms with Gasteiger partial charge in [-0.05, 0) is 24.6 Å². The molecule has 1 aliphatic rings. The summed E-state index contributed by atoms with van der Waals surface area (Å²) < 4.78 is 11.3. The van der Waals surface area contributed by atoms with Gasteiger partial charge in [-0.25, -0.2) is 4.79 Å². The number of carbonyl (C=O) groups is 1. The van der Waals surface area contributed by atoms with Crippen LogP contribution in [-0.2, 0) is 11.3 Å². The summed E-state index contributed by atoms with van der Waals surface area (Å²) in [5.41, 5.74) is 1.61. The molecule has 27 heavy (non-hydrogen) atoms. The zero-order valence-corrected chi connectivity index (χ0v) is 15.2. The molecule has 0 N–H and O–H groups in total. The first-order valence-corrected chi connectivity index (χ1v) is 8.90. The van der Waals surface area contributed by atoms with Gasteiger partial charge in [-0.1, -0.05) is 30.3 Å². The predicted molar refractivity (Wildman–Crippen MR) is 99.7 cm³/mol. The van der Waals surface area contributed by atoms with E-state index in [0.29, 0.717) is 37.2 Å². The first kappa shape index (κ1) is 18.7. The van der Waals surface area contributed by atoms with E-state index in [4.69, 9.17) is 9.47 Å². The molecule has 0 atom stereocenters. The summed E-state index contributed by atoms with van der Waals surface area (Å²) in [6.45, 7) is 3.07. The highest BCUT2D eigenvalue weighted by Gasteiger charge is 2.25. The van der Waals surface area contributed by atoms with Gasteiger partial charge in [-0.15, -0.1) is 0 Å². The predicted octanol–water partition coefficient (Wildman–Crippen LogP) is 4.08. The van der Waals surface area contributed by atoms with Crippen LogP contribution in [0.5, 0.6) is 5.75 Å². The van der Waals surface area contributed by atoms with Crippen LogP contribution in [0.1, 0.15) is 24.0 Å². The van der Waals surface area contributed by atoms with Crippen molar-refractivity contribution in [1.29, 1.82) is 0 Å². The number of piperidine rings is 1. The van der Waals surface area contributed by atoms with Crippen molar-refractivity contribution in [2.75, 3.05) is 13.1 Å². The molecule has 1 aliphatic heterocycles. The molecule has 0 radical (unpaired) electrons. The van der Waals surface area contributed by atoms with Gasteiger partial charge in [0.1, 0.15) is 18.5 Å². The summed E-state index contributed by atoms with van der Waals surface area (Å²) in [7, 11) is 0. The number of nitrogens with zero attached hydrogens (tertiary/aromatic N) is 2. The van der Waals surface area contributed by atoms with Crippen LogP contribution in [-0.4, -0.2) is 35.1 Å². The first-order valence-electron chi connectivity index (χ1n) is 8.90. The van der Waals surface area contributed by atoms with Gasteiger partial charge in [0.05, 0.1) is 4.92 Å². The highest BCUT2D eigenvalue weighted by molar-refractivity contribution is 5.67. The minimum atomic E-state index is -0.404. The molecule has 0 spiro atoms. The molecule has 0 saturated carbocycles. The van der Waals surface area contributed by atoms with Gasteiger partial charge in [-0.3, -0.25) is 10.1 Å². The van der Waals surface area contributed by atoms with Gasteiger partial charge < -0.3 is 14.4 Å². The third kappa shape index (κ3) is 4.97. The van der Waals surface area contributed by atoms with Crippen molar-refractivity contribution in [3.63, 3.8) is 0 Å². The zero-order valence-electron chi connectivity index (χ0n) is 15.2. The normalized spacial score (nSPS) is 14.6. The number of aryl methyl sites for hydroxylation is 1. The van der Waals surface area contributed by atoms with E-state index >= 15 is 0 Å². The molecule has 142 valence electrons. The van der Waals surface area contributed by atoms with Crippen molar-refractivity contribution >= 4 is 11.8 Å². The van der Waals surface area contributed by atoms with E-state index in [-0.39, 0.29) is 24.5 Å². The second-order valence-electron chi connectivity index (χ2n) is 6.55. The van der Waals surface area contributed by atoms with Gasteiger partial charge in [0.25, 0.3) is 5.69 Å². The van der Waals surface area contributed by atoms with Crippen LogP contribution < -0.4 is 4.74 Å². The minimum Gasteiger partial charge on any atom is -0.490 e. The van der Waals surface area contributed by atoms with Crippen LogP contribution in [0, 0.1) is 17.0 Å². The minimum absolute atomic E-state index is 0.0240. The van der Waals surface area contributed by atoms with Crippen molar-refractivity contribution < 1.29 is 19.2 Å². The summed E-state index contributed by atoms with van der Waals surface area (Å²) in [4.78, 5) is 24.3. The maximum Gasteiger partial charge on any atom is 0.410 e. The van der Waals surface area contributed by atoms with Crippen LogP contribution in [0.15, 0.2) is 48.5 Å². The molecule has 1 heterocycles. The number of nitro benzene ring substituents is 1. The summed E-state index contributed by atoms with van der Waals surface area (Å²) in [5.74, 6) is 0.614. The molecule has 3 rings (SSSR count). The third-order valence-corrected chi connectivity index (χ3v) is 4.57. The van der Waals surface area contributed by atoms with E-state index in [2.05, 4.69) is 0 Å². The van der Waals surface area contributed by atoms with Crippen LogP contribution in [0.4, 0.5) is 10.5 Å². The number of benzene rings is 2. The van der Waals surface area contributed by atoms with Gasteiger partial charge in [0.2, 0.25) is 0 Å². The Morgan fingerprint density at radius 3 is 2.52 bits per heavy atom. The zero-order chi connectivity index (χ0) is 19.2. The van der Waals surface area contributed by atoms with Gasteiger partial charge in [-0.2, -0.15) is 0 Å². The van der Waals surface area contributed by atoms with E-state index in [1.807, 2.05) is 30.3 Å².